The number of likely N-dealkylation sites (N-methyl/N-ethyl adjacent to an activating group) is 1. The molecule has 4 amide bonds. The molecule has 0 radical (unpaired) electrons. The number of nitrogens with one attached hydrogen (secondary N) is 2. The Labute approximate surface area is 215 Å². The van der Waals surface area contributed by atoms with Gasteiger partial charge in [-0.15, -0.1) is 0 Å². The average Bonchev–Trinajstić information content (AvgIpc) is 2.88. The fourth-order valence-electron chi connectivity index (χ4n) is 4.71. The number of halogens is 1. The molecule has 0 bridgehead atoms. The lowest BCUT2D eigenvalue weighted by molar-refractivity contribution is -0.139. The molecule has 4 rings (SSSR count). The highest BCUT2D eigenvalue weighted by Gasteiger charge is 2.38. The first-order chi connectivity index (χ1) is 17.8. The van der Waals surface area contributed by atoms with Crippen LogP contribution in [-0.2, 0) is 9.53 Å². The van der Waals surface area contributed by atoms with Crippen LogP contribution in [0.4, 0.5) is 19.7 Å². The van der Waals surface area contributed by atoms with Gasteiger partial charge in [0, 0.05) is 50.7 Å². The lowest BCUT2D eigenvalue weighted by Gasteiger charge is -2.42. The van der Waals surface area contributed by atoms with Crippen molar-refractivity contribution in [2.45, 2.75) is 25.9 Å². The number of hydrogen-bond acceptors (Lipinski definition) is 5. The quantitative estimate of drug-likeness (QED) is 0.581. The number of hydrogen-bond donors (Lipinski definition) is 2. The predicted octanol–water partition coefficient (Wildman–Crippen LogP) is 3.58. The van der Waals surface area contributed by atoms with Crippen LogP contribution in [0.2, 0.25) is 0 Å². The molecule has 2 aromatic carbocycles. The highest BCUT2D eigenvalue weighted by molar-refractivity contribution is 5.95. The molecule has 196 valence electrons. The maximum atomic E-state index is 13.6. The molecule has 1 fully saturated rings. The van der Waals surface area contributed by atoms with E-state index in [1.165, 1.54) is 17.0 Å². The number of nitrogens with zero attached hydrogens (tertiary/aromatic N) is 3. The minimum Gasteiger partial charge on any atom is -0.463 e. The molecule has 2 N–H and O–H groups in total. The molecule has 2 aromatic rings. The standard InChI is InChI=1S/C27H32FN5O4/c1-4-37-25(34)23-22(31(3)26(35)30-24(23)19-10-12-20(28)13-11-19)17-32-14-15-33(18(2)16-32)27(36)29-21-8-6-5-7-9-21/h5-13,18,24H,4,14-17H2,1-3H3,(H,29,36)(H,30,35)/t18-,24-/m1/s1. The summed E-state index contributed by atoms with van der Waals surface area (Å²) < 4.78 is 18.9. The van der Waals surface area contributed by atoms with Gasteiger partial charge in [0.05, 0.1) is 18.2 Å². The Kier molecular flexibility index (Phi) is 8.08. The van der Waals surface area contributed by atoms with Gasteiger partial charge in [-0.3, -0.25) is 9.80 Å². The summed E-state index contributed by atoms with van der Waals surface area (Å²) in [6.45, 7) is 5.78. The summed E-state index contributed by atoms with van der Waals surface area (Å²) >= 11 is 0. The maximum Gasteiger partial charge on any atom is 0.338 e. The van der Waals surface area contributed by atoms with E-state index in [2.05, 4.69) is 15.5 Å². The van der Waals surface area contributed by atoms with E-state index in [9.17, 15) is 18.8 Å². The number of carbonyl (C=O) groups is 3. The predicted molar refractivity (Wildman–Crippen MR) is 137 cm³/mol. The van der Waals surface area contributed by atoms with E-state index in [0.29, 0.717) is 43.0 Å². The SMILES string of the molecule is CCOC(=O)C1=C(CN2CCN(C(=O)Nc3ccccc3)[C@H](C)C2)N(C)C(=O)N[C@@H]1c1ccc(F)cc1. The zero-order chi connectivity index (χ0) is 26.5. The minimum atomic E-state index is -0.770. The van der Waals surface area contributed by atoms with Crippen LogP contribution < -0.4 is 10.6 Å². The second kappa shape index (κ2) is 11.4. The molecular formula is C27H32FN5O4. The van der Waals surface area contributed by atoms with Crippen molar-refractivity contribution in [2.24, 2.45) is 0 Å². The van der Waals surface area contributed by atoms with Crippen molar-refractivity contribution in [3.8, 4) is 0 Å². The van der Waals surface area contributed by atoms with E-state index >= 15 is 0 Å². The Morgan fingerprint density at radius 2 is 1.81 bits per heavy atom. The molecule has 37 heavy (non-hydrogen) atoms. The van der Waals surface area contributed by atoms with Crippen LogP contribution in [0.1, 0.15) is 25.5 Å². The number of anilines is 1. The number of esters is 1. The Bertz CT molecular complexity index is 1170. The fourth-order valence-corrected chi connectivity index (χ4v) is 4.71. The highest BCUT2D eigenvalue weighted by Crippen LogP contribution is 2.32. The van der Waals surface area contributed by atoms with Gasteiger partial charge in [0.2, 0.25) is 0 Å². The number of piperazine rings is 1. The maximum absolute atomic E-state index is 13.6. The molecule has 1 saturated heterocycles. The van der Waals surface area contributed by atoms with Gasteiger partial charge in [0.15, 0.2) is 0 Å². The number of amides is 4. The van der Waals surface area contributed by atoms with E-state index in [0.717, 1.165) is 5.69 Å². The minimum absolute atomic E-state index is 0.0975. The molecule has 9 nitrogen and oxygen atoms in total. The number of carbonyl (C=O) groups excluding carboxylic acids is 3. The zero-order valence-electron chi connectivity index (χ0n) is 21.2. The van der Waals surface area contributed by atoms with Gasteiger partial charge < -0.3 is 20.3 Å². The van der Waals surface area contributed by atoms with E-state index in [1.54, 1.807) is 31.0 Å². The molecule has 0 aliphatic carbocycles. The summed E-state index contributed by atoms with van der Waals surface area (Å²) in [4.78, 5) is 44.2. The Hall–Kier alpha value is -3.92. The Balaban J connectivity index is 1.55. The summed E-state index contributed by atoms with van der Waals surface area (Å²) in [5.41, 5.74) is 2.14. The highest BCUT2D eigenvalue weighted by atomic mass is 19.1. The monoisotopic (exact) mass is 509 g/mol. The molecule has 2 aliphatic rings. The molecule has 0 unspecified atom stereocenters. The lowest BCUT2D eigenvalue weighted by Crippen LogP contribution is -2.56. The van der Waals surface area contributed by atoms with Crippen molar-refractivity contribution < 1.29 is 23.5 Å². The normalized spacial score (nSPS) is 20.5. The van der Waals surface area contributed by atoms with Crippen molar-refractivity contribution in [2.75, 3.05) is 45.2 Å². The van der Waals surface area contributed by atoms with Crippen molar-refractivity contribution in [1.29, 1.82) is 0 Å². The van der Waals surface area contributed by atoms with Gasteiger partial charge >= 0.3 is 18.0 Å². The lowest BCUT2D eigenvalue weighted by atomic mass is 9.94. The van der Waals surface area contributed by atoms with Crippen LogP contribution in [0.5, 0.6) is 0 Å². The Morgan fingerprint density at radius 3 is 2.46 bits per heavy atom. The largest absolute Gasteiger partial charge is 0.463 e. The van der Waals surface area contributed by atoms with Crippen molar-refractivity contribution in [3.05, 3.63) is 77.2 Å². The number of para-hydroxylation sites is 1. The molecule has 0 saturated carbocycles. The van der Waals surface area contributed by atoms with E-state index < -0.39 is 17.8 Å². The first-order valence-corrected chi connectivity index (χ1v) is 12.3. The van der Waals surface area contributed by atoms with Crippen molar-refractivity contribution in [1.82, 2.24) is 20.0 Å². The second-order valence-corrected chi connectivity index (χ2v) is 9.15. The molecule has 0 spiro atoms. The first-order valence-electron chi connectivity index (χ1n) is 12.3. The van der Waals surface area contributed by atoms with E-state index in [1.807, 2.05) is 37.3 Å². The van der Waals surface area contributed by atoms with E-state index in [4.69, 9.17) is 4.74 Å². The number of urea groups is 2. The fraction of sp³-hybridized carbons (Fsp3) is 0.370. The van der Waals surface area contributed by atoms with Crippen LogP contribution in [0.25, 0.3) is 0 Å². The van der Waals surface area contributed by atoms with Crippen LogP contribution in [0.3, 0.4) is 0 Å². The third kappa shape index (κ3) is 5.91. The van der Waals surface area contributed by atoms with Gasteiger partial charge in [-0.2, -0.15) is 0 Å². The summed E-state index contributed by atoms with van der Waals surface area (Å²) in [6.07, 6.45) is 0. The molecule has 2 aliphatic heterocycles. The summed E-state index contributed by atoms with van der Waals surface area (Å²) in [7, 11) is 1.61. The van der Waals surface area contributed by atoms with Crippen LogP contribution in [-0.4, -0.2) is 78.6 Å². The van der Waals surface area contributed by atoms with Gasteiger partial charge in [-0.1, -0.05) is 30.3 Å². The van der Waals surface area contributed by atoms with Crippen molar-refractivity contribution in [3.63, 3.8) is 0 Å². The second-order valence-electron chi connectivity index (χ2n) is 9.15. The number of ether oxygens (including phenoxy) is 1. The third-order valence-electron chi connectivity index (χ3n) is 6.65. The number of rotatable bonds is 6. The first kappa shape index (κ1) is 26.2. The number of benzene rings is 2. The molecule has 10 heteroatoms. The third-order valence-corrected chi connectivity index (χ3v) is 6.65. The van der Waals surface area contributed by atoms with Crippen LogP contribution >= 0.6 is 0 Å². The molecular weight excluding hydrogens is 477 g/mol. The van der Waals surface area contributed by atoms with Gasteiger partial charge in [-0.05, 0) is 43.7 Å². The molecule has 0 aromatic heterocycles. The van der Waals surface area contributed by atoms with Gasteiger partial charge in [0.1, 0.15) is 5.82 Å². The molecule has 2 heterocycles. The summed E-state index contributed by atoms with van der Waals surface area (Å²) in [5, 5.41) is 5.76. The Morgan fingerprint density at radius 1 is 1.11 bits per heavy atom. The van der Waals surface area contributed by atoms with E-state index in [-0.39, 0.29) is 24.7 Å². The topological polar surface area (TPSA) is 94.2 Å². The van der Waals surface area contributed by atoms with Crippen LogP contribution in [0, 0.1) is 5.82 Å². The molecule has 2 atom stereocenters. The smallest absolute Gasteiger partial charge is 0.338 e. The summed E-state index contributed by atoms with van der Waals surface area (Å²) in [6, 6.07) is 13.6. The van der Waals surface area contributed by atoms with Gasteiger partial charge in [0.25, 0.3) is 0 Å². The zero-order valence-corrected chi connectivity index (χ0v) is 21.2. The average molecular weight is 510 g/mol. The van der Waals surface area contributed by atoms with Crippen molar-refractivity contribution >= 4 is 23.7 Å². The van der Waals surface area contributed by atoms with Gasteiger partial charge in [-0.25, -0.2) is 18.8 Å². The summed E-state index contributed by atoms with van der Waals surface area (Å²) in [5.74, 6) is -0.944. The van der Waals surface area contributed by atoms with Crippen LogP contribution in [0.15, 0.2) is 65.9 Å².